The van der Waals surface area contributed by atoms with Crippen LogP contribution in [0.1, 0.15) is 12.0 Å². The van der Waals surface area contributed by atoms with Gasteiger partial charge in [0, 0.05) is 18.2 Å². The molecular weight excluding hydrogens is 254 g/mol. The van der Waals surface area contributed by atoms with Gasteiger partial charge >= 0.3 is 0 Å². The van der Waals surface area contributed by atoms with Crippen LogP contribution >= 0.6 is 0 Å². The van der Waals surface area contributed by atoms with Crippen LogP contribution in [0.3, 0.4) is 0 Å². The highest BCUT2D eigenvalue weighted by Crippen LogP contribution is 2.19. The predicted octanol–water partition coefficient (Wildman–Crippen LogP) is 1.75. The molecule has 2 aromatic rings. The number of nitrogens with zero attached hydrogens (tertiary/aromatic N) is 4. The largest absolute Gasteiger partial charge is 0.390 e. The Morgan fingerprint density at radius 3 is 2.95 bits per heavy atom. The fourth-order valence-electron chi connectivity index (χ4n) is 1.91. The highest BCUT2D eigenvalue weighted by molar-refractivity contribution is 6.01. The molecule has 1 aliphatic rings. The molecule has 0 N–H and O–H groups in total. The van der Waals surface area contributed by atoms with E-state index in [1.807, 2.05) is 0 Å². The fraction of sp³-hybridized carbons (Fsp3) is 0.250. The van der Waals surface area contributed by atoms with Crippen molar-refractivity contribution in [3.05, 3.63) is 47.8 Å². The van der Waals surface area contributed by atoms with Crippen LogP contribution in [0.2, 0.25) is 0 Å². The molecule has 1 atom stereocenters. The summed E-state index contributed by atoms with van der Waals surface area (Å²) in [5.41, 5.74) is 1.13. The molecule has 1 aromatic carbocycles. The second-order valence-electron chi connectivity index (χ2n) is 4.22. The second kappa shape index (κ2) is 4.75. The van der Waals surface area contributed by atoms with E-state index in [0.29, 0.717) is 24.2 Å². The van der Waals surface area contributed by atoms with Gasteiger partial charge in [0.05, 0.1) is 18.5 Å². The van der Waals surface area contributed by atoms with E-state index in [4.69, 9.17) is 4.84 Å². The zero-order valence-electron chi connectivity index (χ0n) is 9.83. The summed E-state index contributed by atoms with van der Waals surface area (Å²) in [4.78, 5) is 5.25. The minimum atomic E-state index is -0.889. The van der Waals surface area contributed by atoms with Crippen molar-refractivity contribution < 1.29 is 13.6 Å². The van der Waals surface area contributed by atoms with Gasteiger partial charge in [0.15, 0.2) is 17.7 Å². The van der Waals surface area contributed by atoms with E-state index in [9.17, 15) is 8.78 Å². The average Bonchev–Trinajstić information content (AvgIpc) is 3.05. The van der Waals surface area contributed by atoms with Gasteiger partial charge in [-0.1, -0.05) is 10.4 Å². The summed E-state index contributed by atoms with van der Waals surface area (Å²) in [6.07, 6.45) is 3.64. The predicted molar refractivity (Wildman–Crippen MR) is 62.4 cm³/mol. The molecule has 5 nitrogen and oxygen atoms in total. The van der Waals surface area contributed by atoms with Crippen LogP contribution in [0.25, 0.3) is 0 Å². The Kier molecular flexibility index (Phi) is 2.94. The summed E-state index contributed by atoms with van der Waals surface area (Å²) in [5, 5.41) is 11.4. The molecule has 1 aromatic heterocycles. The summed E-state index contributed by atoms with van der Waals surface area (Å²) in [7, 11) is 0. The second-order valence-corrected chi connectivity index (χ2v) is 4.22. The molecule has 2 heterocycles. The first-order chi connectivity index (χ1) is 9.22. The van der Waals surface area contributed by atoms with Crippen LogP contribution in [-0.2, 0) is 11.4 Å². The first kappa shape index (κ1) is 11.8. The van der Waals surface area contributed by atoms with Crippen molar-refractivity contribution in [3.8, 4) is 0 Å². The van der Waals surface area contributed by atoms with Crippen molar-refractivity contribution in [1.82, 2.24) is 15.0 Å². The molecule has 98 valence electrons. The lowest BCUT2D eigenvalue weighted by Gasteiger charge is -2.06. The third-order valence-electron chi connectivity index (χ3n) is 2.85. The number of hydrogen-bond donors (Lipinski definition) is 0. The van der Waals surface area contributed by atoms with Gasteiger partial charge in [-0.2, -0.15) is 0 Å². The standard InChI is InChI=1S/C12H10F2N4O/c13-10-2-1-8(5-11(10)14)12-6-9(19-16-12)7-18-4-3-15-17-18/h1-5,9H,6-7H2. The summed E-state index contributed by atoms with van der Waals surface area (Å²) in [6.45, 7) is 0.511. The van der Waals surface area contributed by atoms with Crippen molar-refractivity contribution in [2.24, 2.45) is 5.16 Å². The summed E-state index contributed by atoms with van der Waals surface area (Å²) >= 11 is 0. The lowest BCUT2D eigenvalue weighted by Crippen LogP contribution is -2.17. The van der Waals surface area contributed by atoms with Crippen LogP contribution in [0, 0.1) is 11.6 Å². The number of rotatable bonds is 3. The molecule has 0 fully saturated rings. The maximum absolute atomic E-state index is 13.1. The maximum atomic E-state index is 13.1. The molecule has 1 unspecified atom stereocenters. The van der Waals surface area contributed by atoms with E-state index in [1.54, 1.807) is 17.1 Å². The number of halogens is 2. The smallest absolute Gasteiger partial charge is 0.159 e. The van der Waals surface area contributed by atoms with Gasteiger partial charge in [0.2, 0.25) is 0 Å². The molecule has 0 radical (unpaired) electrons. The quantitative estimate of drug-likeness (QED) is 0.848. The lowest BCUT2D eigenvalue weighted by atomic mass is 10.0. The maximum Gasteiger partial charge on any atom is 0.159 e. The van der Waals surface area contributed by atoms with Gasteiger partial charge in [-0.05, 0) is 18.2 Å². The number of oxime groups is 1. The Labute approximate surface area is 107 Å². The van der Waals surface area contributed by atoms with Gasteiger partial charge < -0.3 is 4.84 Å². The molecule has 0 amide bonds. The first-order valence-corrected chi connectivity index (χ1v) is 5.74. The Bertz CT molecular complexity index is 612. The molecule has 7 heteroatoms. The lowest BCUT2D eigenvalue weighted by molar-refractivity contribution is 0.0693. The van der Waals surface area contributed by atoms with Crippen molar-refractivity contribution in [2.75, 3.05) is 0 Å². The minimum Gasteiger partial charge on any atom is -0.390 e. The van der Waals surface area contributed by atoms with Crippen molar-refractivity contribution >= 4 is 5.71 Å². The van der Waals surface area contributed by atoms with E-state index >= 15 is 0 Å². The van der Waals surface area contributed by atoms with E-state index < -0.39 is 11.6 Å². The normalized spacial score (nSPS) is 18.2. The molecule has 1 aliphatic heterocycles. The highest BCUT2D eigenvalue weighted by Gasteiger charge is 2.23. The molecular formula is C12H10F2N4O. The van der Waals surface area contributed by atoms with Crippen LogP contribution in [0.4, 0.5) is 8.78 Å². The minimum absolute atomic E-state index is 0.176. The van der Waals surface area contributed by atoms with Crippen LogP contribution in [0.5, 0.6) is 0 Å². The zero-order chi connectivity index (χ0) is 13.2. The third kappa shape index (κ3) is 2.44. The zero-order valence-corrected chi connectivity index (χ0v) is 9.83. The van der Waals surface area contributed by atoms with Gasteiger partial charge in [0.1, 0.15) is 0 Å². The average molecular weight is 264 g/mol. The summed E-state index contributed by atoms with van der Waals surface area (Å²) < 4.78 is 27.6. The van der Waals surface area contributed by atoms with Gasteiger partial charge in [0.25, 0.3) is 0 Å². The highest BCUT2D eigenvalue weighted by atomic mass is 19.2. The monoisotopic (exact) mass is 264 g/mol. The molecule has 0 saturated carbocycles. The van der Waals surface area contributed by atoms with Gasteiger partial charge in [-0.25, -0.2) is 13.5 Å². The number of aromatic nitrogens is 3. The molecule has 0 bridgehead atoms. The molecule has 19 heavy (non-hydrogen) atoms. The van der Waals surface area contributed by atoms with Crippen LogP contribution in [0.15, 0.2) is 35.7 Å². The van der Waals surface area contributed by atoms with Crippen LogP contribution < -0.4 is 0 Å². The van der Waals surface area contributed by atoms with E-state index in [1.165, 1.54) is 6.07 Å². The molecule has 0 saturated heterocycles. The van der Waals surface area contributed by atoms with E-state index in [0.717, 1.165) is 12.1 Å². The van der Waals surface area contributed by atoms with Crippen molar-refractivity contribution in [2.45, 2.75) is 19.1 Å². The topological polar surface area (TPSA) is 52.3 Å². The number of hydrogen-bond acceptors (Lipinski definition) is 4. The Morgan fingerprint density at radius 2 is 2.21 bits per heavy atom. The van der Waals surface area contributed by atoms with Crippen LogP contribution in [-0.4, -0.2) is 26.8 Å². The van der Waals surface area contributed by atoms with Gasteiger partial charge in [-0.15, -0.1) is 5.10 Å². The molecule has 0 spiro atoms. The Hall–Kier alpha value is -2.31. The first-order valence-electron chi connectivity index (χ1n) is 5.74. The Balaban J connectivity index is 1.69. The SMILES string of the molecule is Fc1ccc(C2=NOC(Cn3ccnn3)C2)cc1F. The van der Waals surface area contributed by atoms with Crippen molar-refractivity contribution in [1.29, 1.82) is 0 Å². The summed E-state index contributed by atoms with van der Waals surface area (Å²) in [5.74, 6) is -1.76. The Morgan fingerprint density at radius 1 is 1.32 bits per heavy atom. The van der Waals surface area contributed by atoms with E-state index in [2.05, 4.69) is 15.5 Å². The van der Waals surface area contributed by atoms with Crippen molar-refractivity contribution in [3.63, 3.8) is 0 Å². The molecule has 3 rings (SSSR count). The van der Waals surface area contributed by atoms with Gasteiger partial charge in [-0.3, -0.25) is 0 Å². The molecule has 0 aliphatic carbocycles. The van der Waals surface area contributed by atoms with E-state index in [-0.39, 0.29) is 6.10 Å². The fourth-order valence-corrected chi connectivity index (χ4v) is 1.91. The third-order valence-corrected chi connectivity index (χ3v) is 2.85. The number of benzene rings is 1. The summed E-state index contributed by atoms with van der Waals surface area (Å²) in [6, 6.07) is 3.69.